The lowest BCUT2D eigenvalue weighted by molar-refractivity contribution is 0.460. The van der Waals surface area contributed by atoms with Crippen molar-refractivity contribution in [3.05, 3.63) is 107 Å². The van der Waals surface area contributed by atoms with Crippen LogP contribution in [0.2, 0.25) is 0 Å². The number of allylic oxidation sites excluding steroid dienone is 8. The molecule has 0 nitrogen and oxygen atoms in total. The summed E-state index contributed by atoms with van der Waals surface area (Å²) in [4.78, 5) is 0. The molecule has 3 aliphatic rings. The first-order valence-corrected chi connectivity index (χ1v) is 13.8. The smallest absolute Gasteiger partial charge is 0.0201 e. The van der Waals surface area contributed by atoms with E-state index in [1.165, 1.54) is 65.5 Å². The zero-order valence-corrected chi connectivity index (χ0v) is 22.1. The maximum atomic E-state index is 2.51. The van der Waals surface area contributed by atoms with Crippen LogP contribution in [0.5, 0.6) is 0 Å². The predicted molar refractivity (Wildman–Crippen MR) is 151 cm³/mol. The van der Waals surface area contributed by atoms with E-state index in [0.717, 1.165) is 18.3 Å². The van der Waals surface area contributed by atoms with E-state index in [-0.39, 0.29) is 0 Å². The molecule has 1 fully saturated rings. The Morgan fingerprint density at radius 2 is 1.80 bits per heavy atom. The minimum absolute atomic E-state index is 0.507. The van der Waals surface area contributed by atoms with Gasteiger partial charge in [0.05, 0.1) is 0 Å². The van der Waals surface area contributed by atoms with Gasteiger partial charge in [-0.25, -0.2) is 0 Å². The molecule has 4 unspecified atom stereocenters. The lowest BCUT2D eigenvalue weighted by Gasteiger charge is -2.20. The molecular formula is C35H42. The van der Waals surface area contributed by atoms with Crippen LogP contribution in [-0.4, -0.2) is 0 Å². The van der Waals surface area contributed by atoms with Gasteiger partial charge in [-0.1, -0.05) is 118 Å². The van der Waals surface area contributed by atoms with Gasteiger partial charge in [0.2, 0.25) is 0 Å². The van der Waals surface area contributed by atoms with Crippen molar-refractivity contribution in [2.45, 2.75) is 72.1 Å². The molecule has 35 heavy (non-hydrogen) atoms. The Morgan fingerprint density at radius 3 is 2.60 bits per heavy atom. The second-order valence-corrected chi connectivity index (χ2v) is 12.1. The van der Waals surface area contributed by atoms with E-state index in [0.29, 0.717) is 17.3 Å². The fourth-order valence-electron chi connectivity index (χ4n) is 6.21. The van der Waals surface area contributed by atoms with Gasteiger partial charge < -0.3 is 0 Å². The van der Waals surface area contributed by atoms with Crippen LogP contribution in [0.4, 0.5) is 0 Å². The number of benzene rings is 2. The van der Waals surface area contributed by atoms with Crippen molar-refractivity contribution in [3.63, 3.8) is 0 Å². The van der Waals surface area contributed by atoms with Gasteiger partial charge in [0.1, 0.15) is 0 Å². The summed E-state index contributed by atoms with van der Waals surface area (Å²) in [7, 11) is 0. The number of hydrogen-bond acceptors (Lipinski definition) is 0. The summed E-state index contributed by atoms with van der Waals surface area (Å²) in [6, 6.07) is 18.6. The van der Waals surface area contributed by atoms with Crippen LogP contribution in [0.25, 0.3) is 11.1 Å². The highest BCUT2D eigenvalue weighted by atomic mass is 14.5. The first-order valence-electron chi connectivity index (χ1n) is 13.8. The van der Waals surface area contributed by atoms with Gasteiger partial charge in [-0.2, -0.15) is 0 Å². The third kappa shape index (κ3) is 5.80. The molecule has 0 spiro atoms. The summed E-state index contributed by atoms with van der Waals surface area (Å²) in [6.07, 6.45) is 21.7. The third-order valence-corrected chi connectivity index (χ3v) is 8.67. The van der Waals surface area contributed by atoms with Crippen LogP contribution < -0.4 is 0 Å². The quantitative estimate of drug-likeness (QED) is 0.325. The Kier molecular flexibility index (Phi) is 7.01. The summed E-state index contributed by atoms with van der Waals surface area (Å²) in [6.45, 7) is 9.50. The van der Waals surface area contributed by atoms with E-state index in [4.69, 9.17) is 0 Å². The van der Waals surface area contributed by atoms with Crippen molar-refractivity contribution in [1.82, 2.24) is 0 Å². The Labute approximate surface area is 213 Å². The Balaban J connectivity index is 1.16. The molecule has 182 valence electrons. The third-order valence-electron chi connectivity index (χ3n) is 8.67. The highest BCUT2D eigenvalue weighted by molar-refractivity contribution is 5.64. The maximum Gasteiger partial charge on any atom is 0.0201 e. The molecule has 0 radical (unpaired) electrons. The van der Waals surface area contributed by atoms with E-state index >= 15 is 0 Å². The van der Waals surface area contributed by atoms with Crippen molar-refractivity contribution in [1.29, 1.82) is 0 Å². The fourth-order valence-corrected chi connectivity index (χ4v) is 6.21. The number of rotatable bonds is 9. The molecule has 0 bridgehead atoms. The highest BCUT2D eigenvalue weighted by Crippen LogP contribution is 2.57. The van der Waals surface area contributed by atoms with Gasteiger partial charge >= 0.3 is 0 Å². The Bertz CT molecular complexity index is 1150. The zero-order valence-electron chi connectivity index (χ0n) is 22.1. The van der Waals surface area contributed by atoms with E-state index in [9.17, 15) is 0 Å². The van der Waals surface area contributed by atoms with E-state index < -0.39 is 0 Å². The van der Waals surface area contributed by atoms with Crippen LogP contribution in [0.3, 0.4) is 0 Å². The molecule has 0 amide bonds. The average molecular weight is 463 g/mol. The van der Waals surface area contributed by atoms with Crippen LogP contribution in [0.15, 0.2) is 96.1 Å². The van der Waals surface area contributed by atoms with Crippen molar-refractivity contribution in [2.24, 2.45) is 23.2 Å². The van der Waals surface area contributed by atoms with Crippen molar-refractivity contribution < 1.29 is 0 Å². The SMILES string of the molecule is CC(C)CC(C)c1cccc(-c2ccc(CC3CC3(C)CCC3=CC4C=CCC=C4C=C3)cc2)c1. The molecule has 4 atom stereocenters. The molecule has 0 N–H and O–H groups in total. The summed E-state index contributed by atoms with van der Waals surface area (Å²) in [5.41, 5.74) is 9.15. The summed E-state index contributed by atoms with van der Waals surface area (Å²) < 4.78 is 0. The maximum absolute atomic E-state index is 2.51. The fraction of sp³-hybridized carbons (Fsp3) is 0.429. The highest BCUT2D eigenvalue weighted by Gasteiger charge is 2.48. The molecule has 2 aromatic carbocycles. The molecule has 1 saturated carbocycles. The normalized spacial score (nSPS) is 25.7. The van der Waals surface area contributed by atoms with Gasteiger partial charge in [-0.15, -0.1) is 0 Å². The molecule has 5 rings (SSSR count). The summed E-state index contributed by atoms with van der Waals surface area (Å²) >= 11 is 0. The monoisotopic (exact) mass is 462 g/mol. The number of hydrogen-bond donors (Lipinski definition) is 0. The predicted octanol–water partition coefficient (Wildman–Crippen LogP) is 9.85. The molecule has 0 aromatic heterocycles. The van der Waals surface area contributed by atoms with Gasteiger partial charge in [0.15, 0.2) is 0 Å². The largest absolute Gasteiger partial charge is 0.0838 e. The Hall–Kier alpha value is -2.60. The molecule has 0 heteroatoms. The molecular weight excluding hydrogens is 420 g/mol. The summed E-state index contributed by atoms with van der Waals surface area (Å²) in [5, 5.41) is 0. The lowest BCUT2D eigenvalue weighted by atomic mass is 9.85. The standard InChI is InChI=1S/C35H42/c1-25(2)20-26(3)31-10-7-11-33(23-31)30-16-12-27(13-17-30)22-34-24-35(34,4)19-18-28-14-15-29-8-5-6-9-32(29)21-28/h6-17,21,23,25-26,32,34H,5,18-20,22,24H2,1-4H3. The topological polar surface area (TPSA) is 0 Å². The van der Waals surface area contributed by atoms with Crippen molar-refractivity contribution in [3.8, 4) is 11.1 Å². The zero-order chi connectivity index (χ0) is 24.4. The van der Waals surface area contributed by atoms with E-state index in [1.807, 2.05) is 0 Å². The molecule has 2 aromatic rings. The van der Waals surface area contributed by atoms with Gasteiger partial charge in [0.25, 0.3) is 0 Å². The average Bonchev–Trinajstić information content (AvgIpc) is 3.51. The Morgan fingerprint density at radius 1 is 0.971 bits per heavy atom. The van der Waals surface area contributed by atoms with Crippen LogP contribution in [-0.2, 0) is 6.42 Å². The van der Waals surface area contributed by atoms with Crippen LogP contribution in [0, 0.1) is 23.2 Å². The van der Waals surface area contributed by atoms with Gasteiger partial charge in [0, 0.05) is 5.92 Å². The second kappa shape index (κ2) is 10.2. The van der Waals surface area contributed by atoms with E-state index in [1.54, 1.807) is 0 Å². The molecule has 0 aliphatic heterocycles. The summed E-state index contributed by atoms with van der Waals surface area (Å²) in [5.74, 6) is 2.69. The minimum atomic E-state index is 0.507. The van der Waals surface area contributed by atoms with E-state index in [2.05, 4.69) is 113 Å². The van der Waals surface area contributed by atoms with Crippen molar-refractivity contribution in [2.75, 3.05) is 0 Å². The first kappa shape index (κ1) is 24.1. The van der Waals surface area contributed by atoms with Gasteiger partial charge in [-0.3, -0.25) is 0 Å². The molecule has 0 heterocycles. The van der Waals surface area contributed by atoms with Crippen LogP contribution >= 0.6 is 0 Å². The van der Waals surface area contributed by atoms with Crippen LogP contribution in [0.1, 0.15) is 76.8 Å². The second-order valence-electron chi connectivity index (χ2n) is 12.1. The molecule has 3 aliphatic carbocycles. The minimum Gasteiger partial charge on any atom is -0.0838 e. The molecule has 0 saturated heterocycles. The number of fused-ring (bicyclic) bond motifs is 1. The lowest BCUT2D eigenvalue weighted by Crippen LogP contribution is -2.06. The van der Waals surface area contributed by atoms with Crippen molar-refractivity contribution >= 4 is 0 Å². The first-order chi connectivity index (χ1) is 16.9. The van der Waals surface area contributed by atoms with Gasteiger partial charge in [-0.05, 0) is 89.5 Å².